The third-order valence-electron chi connectivity index (χ3n) is 3.65. The number of hydrogen-bond donors (Lipinski definition) is 1. The lowest BCUT2D eigenvalue weighted by Crippen LogP contribution is -2.29. The molecule has 0 fully saturated rings. The standard InChI is InChI=1S/C20H16BrNO/c21-18-13-11-17(12-14-18)20(23)22-19(15-7-3-1-4-8-15)16-9-5-2-6-10-16/h1-14,19H,(H,22,23). The molecule has 3 aromatic rings. The van der Waals surface area contributed by atoms with Gasteiger partial charge in [-0.1, -0.05) is 76.6 Å². The Bertz CT molecular complexity index is 730. The predicted octanol–water partition coefficient (Wildman–Crippen LogP) is 4.97. The number of carbonyl (C=O) groups excluding carboxylic acids is 1. The van der Waals surface area contributed by atoms with Crippen LogP contribution in [0.15, 0.2) is 89.4 Å². The van der Waals surface area contributed by atoms with Crippen LogP contribution in [0.3, 0.4) is 0 Å². The molecule has 0 atom stereocenters. The van der Waals surface area contributed by atoms with Crippen LogP contribution in [-0.2, 0) is 0 Å². The predicted molar refractivity (Wildman–Crippen MR) is 96.3 cm³/mol. The first-order chi connectivity index (χ1) is 11.2. The summed E-state index contributed by atoms with van der Waals surface area (Å²) in [5.74, 6) is -0.0878. The number of amides is 1. The maximum Gasteiger partial charge on any atom is 0.252 e. The maximum absolute atomic E-state index is 12.6. The molecular weight excluding hydrogens is 350 g/mol. The van der Waals surface area contributed by atoms with E-state index >= 15 is 0 Å². The molecule has 3 rings (SSSR count). The molecule has 3 heteroatoms. The Morgan fingerprint density at radius 1 is 0.739 bits per heavy atom. The van der Waals surface area contributed by atoms with E-state index in [-0.39, 0.29) is 11.9 Å². The van der Waals surface area contributed by atoms with Gasteiger partial charge < -0.3 is 5.32 Å². The van der Waals surface area contributed by atoms with Crippen molar-refractivity contribution in [3.63, 3.8) is 0 Å². The smallest absolute Gasteiger partial charge is 0.252 e. The molecule has 23 heavy (non-hydrogen) atoms. The number of nitrogens with one attached hydrogen (secondary N) is 1. The summed E-state index contributed by atoms with van der Waals surface area (Å²) >= 11 is 3.39. The zero-order valence-electron chi connectivity index (χ0n) is 12.4. The summed E-state index contributed by atoms with van der Waals surface area (Å²) in [7, 11) is 0. The lowest BCUT2D eigenvalue weighted by Gasteiger charge is -2.20. The number of hydrogen-bond acceptors (Lipinski definition) is 1. The summed E-state index contributed by atoms with van der Waals surface area (Å²) < 4.78 is 0.955. The minimum atomic E-state index is -0.173. The Morgan fingerprint density at radius 3 is 1.70 bits per heavy atom. The fourth-order valence-electron chi connectivity index (χ4n) is 2.47. The Balaban J connectivity index is 1.90. The van der Waals surface area contributed by atoms with Gasteiger partial charge in [-0.2, -0.15) is 0 Å². The number of rotatable bonds is 4. The number of halogens is 1. The minimum absolute atomic E-state index is 0.0878. The van der Waals surface area contributed by atoms with Crippen molar-refractivity contribution in [2.24, 2.45) is 0 Å². The lowest BCUT2D eigenvalue weighted by molar-refractivity contribution is 0.0943. The molecule has 0 heterocycles. The van der Waals surface area contributed by atoms with E-state index in [0.717, 1.165) is 15.6 Å². The Hall–Kier alpha value is -2.39. The topological polar surface area (TPSA) is 29.1 Å². The Morgan fingerprint density at radius 2 is 1.22 bits per heavy atom. The van der Waals surface area contributed by atoms with Crippen molar-refractivity contribution in [1.82, 2.24) is 5.32 Å². The molecule has 0 aliphatic rings. The lowest BCUT2D eigenvalue weighted by atomic mass is 9.98. The second-order valence-corrected chi connectivity index (χ2v) is 6.15. The van der Waals surface area contributed by atoms with Crippen molar-refractivity contribution in [2.45, 2.75) is 6.04 Å². The van der Waals surface area contributed by atoms with Gasteiger partial charge in [0.25, 0.3) is 5.91 Å². The molecule has 0 aromatic heterocycles. The van der Waals surface area contributed by atoms with Crippen LogP contribution in [0.4, 0.5) is 0 Å². The van der Waals surface area contributed by atoms with Gasteiger partial charge in [-0.05, 0) is 35.4 Å². The van der Waals surface area contributed by atoms with Gasteiger partial charge in [0.2, 0.25) is 0 Å². The van der Waals surface area contributed by atoms with Crippen LogP contribution in [0.5, 0.6) is 0 Å². The van der Waals surface area contributed by atoms with Crippen LogP contribution < -0.4 is 5.32 Å². The van der Waals surface area contributed by atoms with Crippen LogP contribution in [0.1, 0.15) is 27.5 Å². The summed E-state index contributed by atoms with van der Waals surface area (Å²) in [4.78, 5) is 12.6. The molecule has 1 N–H and O–H groups in total. The highest BCUT2D eigenvalue weighted by Gasteiger charge is 2.17. The van der Waals surface area contributed by atoms with Crippen molar-refractivity contribution in [3.05, 3.63) is 106 Å². The van der Waals surface area contributed by atoms with Crippen LogP contribution >= 0.6 is 15.9 Å². The second-order valence-electron chi connectivity index (χ2n) is 5.23. The number of carbonyl (C=O) groups is 1. The largest absolute Gasteiger partial charge is 0.341 e. The molecular formula is C20H16BrNO. The van der Waals surface area contributed by atoms with Crippen molar-refractivity contribution in [3.8, 4) is 0 Å². The fourth-order valence-corrected chi connectivity index (χ4v) is 2.73. The first-order valence-electron chi connectivity index (χ1n) is 7.40. The Kier molecular flexibility index (Phi) is 4.89. The van der Waals surface area contributed by atoms with Gasteiger partial charge >= 0.3 is 0 Å². The molecule has 2 nitrogen and oxygen atoms in total. The molecule has 0 saturated heterocycles. The summed E-state index contributed by atoms with van der Waals surface area (Å²) in [5.41, 5.74) is 2.76. The van der Waals surface area contributed by atoms with E-state index in [1.54, 1.807) is 0 Å². The van der Waals surface area contributed by atoms with Gasteiger partial charge in [-0.25, -0.2) is 0 Å². The minimum Gasteiger partial charge on any atom is -0.341 e. The van der Waals surface area contributed by atoms with E-state index in [9.17, 15) is 4.79 Å². The van der Waals surface area contributed by atoms with E-state index in [1.165, 1.54) is 0 Å². The third-order valence-corrected chi connectivity index (χ3v) is 4.18. The molecule has 0 unspecified atom stereocenters. The van der Waals surface area contributed by atoms with Gasteiger partial charge in [0.05, 0.1) is 6.04 Å². The first kappa shape index (κ1) is 15.5. The van der Waals surface area contributed by atoms with Crippen molar-refractivity contribution < 1.29 is 4.79 Å². The van der Waals surface area contributed by atoms with Crippen molar-refractivity contribution >= 4 is 21.8 Å². The van der Waals surface area contributed by atoms with Gasteiger partial charge in [0.15, 0.2) is 0 Å². The normalized spacial score (nSPS) is 10.5. The SMILES string of the molecule is O=C(NC(c1ccccc1)c1ccccc1)c1ccc(Br)cc1. The summed E-state index contributed by atoms with van der Waals surface area (Å²) in [6, 6.07) is 27.2. The molecule has 0 radical (unpaired) electrons. The summed E-state index contributed by atoms with van der Waals surface area (Å²) in [6.07, 6.45) is 0. The van der Waals surface area contributed by atoms with Crippen LogP contribution in [-0.4, -0.2) is 5.91 Å². The average molecular weight is 366 g/mol. The summed E-state index contributed by atoms with van der Waals surface area (Å²) in [5, 5.41) is 3.13. The maximum atomic E-state index is 12.6. The van der Waals surface area contributed by atoms with E-state index in [2.05, 4.69) is 21.2 Å². The molecule has 0 spiro atoms. The highest BCUT2D eigenvalue weighted by molar-refractivity contribution is 9.10. The van der Waals surface area contributed by atoms with Crippen molar-refractivity contribution in [1.29, 1.82) is 0 Å². The monoisotopic (exact) mass is 365 g/mol. The van der Waals surface area contributed by atoms with E-state index in [0.29, 0.717) is 5.56 Å². The Labute approximate surface area is 144 Å². The van der Waals surface area contributed by atoms with E-state index in [1.807, 2.05) is 84.9 Å². The van der Waals surface area contributed by atoms with E-state index in [4.69, 9.17) is 0 Å². The van der Waals surface area contributed by atoms with Crippen LogP contribution in [0.25, 0.3) is 0 Å². The van der Waals surface area contributed by atoms with Gasteiger partial charge in [0.1, 0.15) is 0 Å². The van der Waals surface area contributed by atoms with Gasteiger partial charge in [-0.3, -0.25) is 4.79 Å². The zero-order chi connectivity index (χ0) is 16.1. The molecule has 0 saturated carbocycles. The molecule has 1 amide bonds. The van der Waals surface area contributed by atoms with Crippen LogP contribution in [0.2, 0.25) is 0 Å². The second kappa shape index (κ2) is 7.25. The molecule has 3 aromatic carbocycles. The summed E-state index contributed by atoms with van der Waals surface area (Å²) in [6.45, 7) is 0. The molecule has 114 valence electrons. The quantitative estimate of drug-likeness (QED) is 0.694. The highest BCUT2D eigenvalue weighted by atomic mass is 79.9. The van der Waals surface area contributed by atoms with Gasteiger partial charge in [0, 0.05) is 10.0 Å². The zero-order valence-corrected chi connectivity index (χ0v) is 14.0. The third kappa shape index (κ3) is 3.88. The average Bonchev–Trinajstić information content (AvgIpc) is 2.61. The number of benzene rings is 3. The highest BCUT2D eigenvalue weighted by Crippen LogP contribution is 2.22. The van der Waals surface area contributed by atoms with E-state index < -0.39 is 0 Å². The van der Waals surface area contributed by atoms with Crippen molar-refractivity contribution in [2.75, 3.05) is 0 Å². The molecule has 0 aliphatic heterocycles. The van der Waals surface area contributed by atoms with Crippen LogP contribution in [0, 0.1) is 0 Å². The first-order valence-corrected chi connectivity index (χ1v) is 8.19. The molecule has 0 bridgehead atoms. The van der Waals surface area contributed by atoms with Gasteiger partial charge in [-0.15, -0.1) is 0 Å². The fraction of sp³-hybridized carbons (Fsp3) is 0.0500. The molecule has 0 aliphatic carbocycles.